The lowest BCUT2D eigenvalue weighted by Gasteiger charge is -2.55. The predicted molar refractivity (Wildman–Crippen MR) is 80.5 cm³/mol. The summed E-state index contributed by atoms with van der Waals surface area (Å²) in [5, 5.41) is 10.9. The van der Waals surface area contributed by atoms with Crippen LogP contribution in [0, 0.1) is 27.9 Å². The van der Waals surface area contributed by atoms with Crippen LogP contribution in [0.2, 0.25) is 0 Å². The molecule has 0 spiro atoms. The second-order valence-corrected chi connectivity index (χ2v) is 7.63. The first kappa shape index (κ1) is 12.6. The van der Waals surface area contributed by atoms with E-state index < -0.39 is 0 Å². The fraction of sp³-hybridized carbons (Fsp3) is 0.588. The van der Waals surface area contributed by atoms with Gasteiger partial charge < -0.3 is 4.42 Å². The number of hydrogen-bond donors (Lipinski definition) is 0. The summed E-state index contributed by atoms with van der Waals surface area (Å²) < 4.78 is 6.03. The van der Waals surface area contributed by atoms with Crippen LogP contribution < -0.4 is 0 Å². The molecule has 0 atom stereocenters. The van der Waals surface area contributed by atoms with Crippen molar-refractivity contribution in [2.24, 2.45) is 17.8 Å². The molecule has 5 heteroatoms. The summed E-state index contributed by atoms with van der Waals surface area (Å²) in [5.74, 6) is 3.32. The third-order valence-corrected chi connectivity index (χ3v) is 6.07. The molecule has 0 unspecified atom stereocenters. The zero-order valence-corrected chi connectivity index (χ0v) is 12.3. The molecule has 114 valence electrons. The summed E-state index contributed by atoms with van der Waals surface area (Å²) in [4.78, 5) is 15.2. The van der Waals surface area contributed by atoms with Crippen LogP contribution in [0.4, 0.5) is 5.69 Å². The lowest BCUT2D eigenvalue weighted by atomic mass is 9.49. The first-order valence-electron chi connectivity index (χ1n) is 8.17. The minimum atomic E-state index is -0.383. The average Bonchev–Trinajstić information content (AvgIpc) is 2.89. The Bertz CT molecular complexity index is 744. The van der Waals surface area contributed by atoms with Crippen LogP contribution in [0.1, 0.15) is 44.4 Å². The molecule has 1 aromatic heterocycles. The largest absolute Gasteiger partial charge is 0.440 e. The van der Waals surface area contributed by atoms with E-state index >= 15 is 0 Å². The van der Waals surface area contributed by atoms with Crippen LogP contribution in [-0.2, 0) is 5.41 Å². The summed E-state index contributed by atoms with van der Waals surface area (Å²) in [7, 11) is 0. The highest BCUT2D eigenvalue weighted by Gasteiger charge is 2.54. The molecule has 1 aromatic carbocycles. The molecule has 0 radical (unpaired) electrons. The molecule has 1 heterocycles. The third kappa shape index (κ3) is 1.68. The number of nitro groups is 1. The molecule has 4 aliphatic carbocycles. The normalized spacial score (nSPS) is 36.1. The molecule has 5 nitrogen and oxygen atoms in total. The van der Waals surface area contributed by atoms with Gasteiger partial charge in [-0.15, -0.1) is 0 Å². The SMILES string of the molecule is O=[N+]([O-])c1ccc2nc(C34CC5CC(CC(C5)C3)C4)oc2c1. The molecule has 2 aromatic rings. The van der Waals surface area contributed by atoms with Gasteiger partial charge >= 0.3 is 0 Å². The molecule has 4 aliphatic rings. The number of fused-ring (bicyclic) bond motifs is 1. The predicted octanol–water partition coefficient (Wildman–Crippen LogP) is 4.20. The van der Waals surface area contributed by atoms with E-state index in [4.69, 9.17) is 9.40 Å². The van der Waals surface area contributed by atoms with Crippen molar-refractivity contribution < 1.29 is 9.34 Å². The van der Waals surface area contributed by atoms with Gasteiger partial charge in [0, 0.05) is 11.5 Å². The maximum atomic E-state index is 10.9. The van der Waals surface area contributed by atoms with Gasteiger partial charge in [0.2, 0.25) is 5.89 Å². The van der Waals surface area contributed by atoms with Gasteiger partial charge in [-0.05, 0) is 62.3 Å². The molecule has 0 saturated heterocycles. The summed E-state index contributed by atoms with van der Waals surface area (Å²) in [6, 6.07) is 4.72. The lowest BCUT2D eigenvalue weighted by molar-refractivity contribution is -0.384. The Morgan fingerprint density at radius 3 is 2.36 bits per heavy atom. The van der Waals surface area contributed by atoms with Crippen LogP contribution >= 0.6 is 0 Å². The van der Waals surface area contributed by atoms with E-state index in [2.05, 4.69) is 0 Å². The van der Waals surface area contributed by atoms with Gasteiger partial charge in [0.05, 0.1) is 11.0 Å². The number of nitrogens with zero attached hydrogens (tertiary/aromatic N) is 2. The van der Waals surface area contributed by atoms with Crippen LogP contribution in [-0.4, -0.2) is 9.91 Å². The highest BCUT2D eigenvalue weighted by atomic mass is 16.6. The summed E-state index contributed by atoms with van der Waals surface area (Å²) in [6.45, 7) is 0. The molecule has 0 amide bonds. The molecule has 4 fully saturated rings. The highest BCUT2D eigenvalue weighted by molar-refractivity contribution is 5.75. The van der Waals surface area contributed by atoms with Crippen LogP contribution in [0.3, 0.4) is 0 Å². The number of rotatable bonds is 2. The van der Waals surface area contributed by atoms with Gasteiger partial charge in [0.1, 0.15) is 5.52 Å². The van der Waals surface area contributed by atoms with E-state index in [1.807, 2.05) is 0 Å². The summed E-state index contributed by atoms with van der Waals surface area (Å²) in [5.41, 5.74) is 1.47. The number of oxazole rings is 1. The molecule has 6 rings (SSSR count). The van der Waals surface area contributed by atoms with E-state index in [0.29, 0.717) is 5.58 Å². The molecule has 0 aliphatic heterocycles. The van der Waals surface area contributed by atoms with Crippen LogP contribution in [0.15, 0.2) is 22.6 Å². The summed E-state index contributed by atoms with van der Waals surface area (Å²) >= 11 is 0. The maximum Gasteiger partial charge on any atom is 0.273 e. The van der Waals surface area contributed by atoms with E-state index in [9.17, 15) is 10.1 Å². The monoisotopic (exact) mass is 298 g/mol. The molecule has 4 bridgehead atoms. The van der Waals surface area contributed by atoms with E-state index in [-0.39, 0.29) is 16.0 Å². The Hall–Kier alpha value is -1.91. The Balaban J connectivity index is 1.60. The molecular formula is C17H18N2O3. The average molecular weight is 298 g/mol. The van der Waals surface area contributed by atoms with Crippen molar-refractivity contribution in [3.8, 4) is 0 Å². The van der Waals surface area contributed by atoms with Gasteiger partial charge in [-0.25, -0.2) is 4.98 Å². The van der Waals surface area contributed by atoms with Crippen molar-refractivity contribution in [3.05, 3.63) is 34.2 Å². The highest BCUT2D eigenvalue weighted by Crippen LogP contribution is 2.60. The quantitative estimate of drug-likeness (QED) is 0.615. The second-order valence-electron chi connectivity index (χ2n) is 7.63. The number of nitro benzene ring substituents is 1. The van der Waals surface area contributed by atoms with Gasteiger partial charge in [0.15, 0.2) is 5.58 Å². The smallest absolute Gasteiger partial charge is 0.273 e. The third-order valence-electron chi connectivity index (χ3n) is 6.07. The van der Waals surface area contributed by atoms with Crippen molar-refractivity contribution in [2.75, 3.05) is 0 Å². The standard InChI is InChI=1S/C17H18N2O3/c20-19(21)13-1-2-14-15(6-13)22-16(18-14)17-7-10-3-11(8-17)5-12(4-10)9-17/h1-2,6,10-12H,3-5,7-9H2. The van der Waals surface area contributed by atoms with Crippen molar-refractivity contribution >= 4 is 16.8 Å². The number of hydrogen-bond acceptors (Lipinski definition) is 4. The van der Waals surface area contributed by atoms with Crippen molar-refractivity contribution in [2.45, 2.75) is 43.9 Å². The lowest BCUT2D eigenvalue weighted by Crippen LogP contribution is -2.48. The number of benzene rings is 1. The maximum absolute atomic E-state index is 10.9. The zero-order chi connectivity index (χ0) is 14.9. The fourth-order valence-corrected chi connectivity index (χ4v) is 5.63. The molecular weight excluding hydrogens is 280 g/mol. The number of aromatic nitrogens is 1. The second kappa shape index (κ2) is 4.09. The first-order valence-corrected chi connectivity index (χ1v) is 8.17. The van der Waals surface area contributed by atoms with Gasteiger partial charge in [-0.2, -0.15) is 0 Å². The Labute approximate surface area is 127 Å². The van der Waals surface area contributed by atoms with E-state index in [1.165, 1.54) is 50.7 Å². The first-order chi connectivity index (χ1) is 10.6. The van der Waals surface area contributed by atoms with Crippen molar-refractivity contribution in [1.82, 2.24) is 4.98 Å². The van der Waals surface area contributed by atoms with Crippen LogP contribution in [0.5, 0.6) is 0 Å². The van der Waals surface area contributed by atoms with Gasteiger partial charge in [-0.3, -0.25) is 10.1 Å². The molecule has 0 N–H and O–H groups in total. The Morgan fingerprint density at radius 2 is 1.77 bits per heavy atom. The van der Waals surface area contributed by atoms with Crippen molar-refractivity contribution in [3.63, 3.8) is 0 Å². The topological polar surface area (TPSA) is 69.2 Å². The van der Waals surface area contributed by atoms with Crippen LogP contribution in [0.25, 0.3) is 11.1 Å². The number of non-ortho nitro benzene ring substituents is 1. The Kier molecular flexibility index (Phi) is 2.34. The van der Waals surface area contributed by atoms with E-state index in [1.54, 1.807) is 6.07 Å². The molecule has 4 saturated carbocycles. The minimum absolute atomic E-state index is 0.0701. The van der Waals surface area contributed by atoms with E-state index in [0.717, 1.165) is 29.2 Å². The molecule has 22 heavy (non-hydrogen) atoms. The Morgan fingerprint density at radius 1 is 1.14 bits per heavy atom. The minimum Gasteiger partial charge on any atom is -0.440 e. The van der Waals surface area contributed by atoms with Gasteiger partial charge in [0.25, 0.3) is 5.69 Å². The van der Waals surface area contributed by atoms with Crippen molar-refractivity contribution in [1.29, 1.82) is 0 Å². The fourth-order valence-electron chi connectivity index (χ4n) is 5.63. The zero-order valence-electron chi connectivity index (χ0n) is 12.3. The summed E-state index contributed by atoms with van der Waals surface area (Å²) in [6.07, 6.45) is 7.70. The van der Waals surface area contributed by atoms with Gasteiger partial charge in [-0.1, -0.05) is 0 Å².